The van der Waals surface area contributed by atoms with Gasteiger partial charge >= 0.3 is 5.76 Å². The van der Waals surface area contributed by atoms with Gasteiger partial charge in [-0.25, -0.2) is 4.79 Å². The van der Waals surface area contributed by atoms with Gasteiger partial charge in [0.15, 0.2) is 5.58 Å². The van der Waals surface area contributed by atoms with Gasteiger partial charge in [-0.1, -0.05) is 12.1 Å². The zero-order valence-corrected chi connectivity index (χ0v) is 13.7. The Kier molecular flexibility index (Phi) is 3.30. The predicted molar refractivity (Wildman–Crippen MR) is 92.5 cm³/mol. The number of nitrogens with zero attached hydrogens (tertiary/aromatic N) is 1. The number of fused-ring (bicyclic) bond motifs is 2. The standard InChI is InChI=1S/C19H18N2O3/c1-11-7-12(2)14-5-6-21(16(14)8-11)18(22)10-13-3-4-17-15(9-13)20-19(23)24-17/h3-4,7-9H,5-6,10H2,1-2H3,(H,20,23). The molecule has 0 bridgehead atoms. The number of carbonyl (C=O) groups is 1. The summed E-state index contributed by atoms with van der Waals surface area (Å²) in [4.78, 5) is 28.5. The van der Waals surface area contributed by atoms with Gasteiger partial charge in [-0.3, -0.25) is 9.78 Å². The average molecular weight is 322 g/mol. The van der Waals surface area contributed by atoms with Gasteiger partial charge in [0, 0.05) is 12.2 Å². The number of H-pyrrole nitrogens is 1. The average Bonchev–Trinajstić information content (AvgIpc) is 3.09. The number of nitrogens with one attached hydrogen (secondary N) is 1. The van der Waals surface area contributed by atoms with Crippen molar-refractivity contribution in [3.63, 3.8) is 0 Å². The molecule has 4 rings (SSSR count). The summed E-state index contributed by atoms with van der Waals surface area (Å²) in [6.45, 7) is 4.88. The minimum Gasteiger partial charge on any atom is -0.408 e. The highest BCUT2D eigenvalue weighted by Gasteiger charge is 2.26. The second kappa shape index (κ2) is 5.37. The van der Waals surface area contributed by atoms with Crippen LogP contribution in [-0.2, 0) is 17.6 Å². The van der Waals surface area contributed by atoms with E-state index in [0.29, 0.717) is 17.5 Å². The number of aromatic amines is 1. The quantitative estimate of drug-likeness (QED) is 0.789. The molecular weight excluding hydrogens is 304 g/mol. The molecule has 0 unspecified atom stereocenters. The smallest absolute Gasteiger partial charge is 0.408 e. The van der Waals surface area contributed by atoms with Gasteiger partial charge in [0.25, 0.3) is 0 Å². The summed E-state index contributed by atoms with van der Waals surface area (Å²) < 4.78 is 4.99. The SMILES string of the molecule is Cc1cc(C)c2c(c1)N(C(=O)Cc1ccc3oc(=O)[nH]c3c1)CC2. The number of benzene rings is 2. The number of hydrogen-bond donors (Lipinski definition) is 1. The molecule has 0 fully saturated rings. The van der Waals surface area contributed by atoms with Crippen LogP contribution >= 0.6 is 0 Å². The van der Waals surface area contributed by atoms with E-state index in [0.717, 1.165) is 24.2 Å². The molecule has 1 amide bonds. The lowest BCUT2D eigenvalue weighted by atomic mass is 10.0. The molecule has 0 spiro atoms. The van der Waals surface area contributed by atoms with Crippen LogP contribution in [-0.4, -0.2) is 17.4 Å². The lowest BCUT2D eigenvalue weighted by molar-refractivity contribution is -0.117. The van der Waals surface area contributed by atoms with Gasteiger partial charge in [0.2, 0.25) is 5.91 Å². The molecule has 0 atom stereocenters. The third kappa shape index (κ3) is 2.42. The number of aryl methyl sites for hydroxylation is 2. The van der Waals surface area contributed by atoms with Crippen molar-refractivity contribution in [3.05, 3.63) is 63.1 Å². The van der Waals surface area contributed by atoms with Crippen molar-refractivity contribution in [1.29, 1.82) is 0 Å². The number of hydrogen-bond acceptors (Lipinski definition) is 3. The topological polar surface area (TPSA) is 66.3 Å². The normalized spacial score (nSPS) is 13.5. The molecule has 2 heterocycles. The van der Waals surface area contributed by atoms with E-state index in [1.54, 1.807) is 12.1 Å². The molecule has 2 aromatic carbocycles. The van der Waals surface area contributed by atoms with Gasteiger partial charge in [-0.15, -0.1) is 0 Å². The van der Waals surface area contributed by atoms with E-state index >= 15 is 0 Å². The maximum atomic E-state index is 12.8. The monoisotopic (exact) mass is 322 g/mol. The van der Waals surface area contributed by atoms with Crippen molar-refractivity contribution in [2.75, 3.05) is 11.4 Å². The maximum absolute atomic E-state index is 12.8. The fraction of sp³-hybridized carbons (Fsp3) is 0.263. The Balaban J connectivity index is 1.62. The Bertz CT molecular complexity index is 1010. The first-order chi connectivity index (χ1) is 11.5. The minimum atomic E-state index is -0.479. The summed E-state index contributed by atoms with van der Waals surface area (Å²) in [5.41, 5.74) is 6.72. The van der Waals surface area contributed by atoms with E-state index in [2.05, 4.69) is 31.0 Å². The van der Waals surface area contributed by atoms with Crippen LogP contribution in [0.2, 0.25) is 0 Å². The number of aromatic nitrogens is 1. The molecule has 1 aromatic heterocycles. The van der Waals surface area contributed by atoms with Crippen LogP contribution < -0.4 is 10.7 Å². The number of anilines is 1. The molecule has 122 valence electrons. The van der Waals surface area contributed by atoms with E-state index in [1.807, 2.05) is 11.0 Å². The first kappa shape index (κ1) is 14.8. The van der Waals surface area contributed by atoms with Crippen molar-refractivity contribution in [2.24, 2.45) is 0 Å². The fourth-order valence-electron chi connectivity index (χ4n) is 3.52. The third-order valence-electron chi connectivity index (χ3n) is 4.61. The maximum Gasteiger partial charge on any atom is 0.417 e. The Labute approximate surface area is 138 Å². The molecule has 0 saturated carbocycles. The minimum absolute atomic E-state index is 0.0731. The predicted octanol–water partition coefficient (Wildman–Crippen LogP) is 2.87. The van der Waals surface area contributed by atoms with E-state index in [9.17, 15) is 9.59 Å². The van der Waals surface area contributed by atoms with Crippen molar-refractivity contribution >= 4 is 22.7 Å². The first-order valence-electron chi connectivity index (χ1n) is 8.03. The Hall–Kier alpha value is -2.82. The molecule has 0 saturated heterocycles. The van der Waals surface area contributed by atoms with Crippen LogP contribution in [0, 0.1) is 13.8 Å². The first-order valence-corrected chi connectivity index (χ1v) is 8.03. The molecule has 1 N–H and O–H groups in total. The van der Waals surface area contributed by atoms with Crippen LogP contribution in [0.25, 0.3) is 11.1 Å². The van der Waals surface area contributed by atoms with Crippen LogP contribution in [0.5, 0.6) is 0 Å². The molecule has 0 aliphatic carbocycles. The summed E-state index contributed by atoms with van der Waals surface area (Å²) >= 11 is 0. The van der Waals surface area contributed by atoms with Gasteiger partial charge in [-0.05, 0) is 60.7 Å². The van der Waals surface area contributed by atoms with Gasteiger partial charge in [-0.2, -0.15) is 0 Å². The van der Waals surface area contributed by atoms with Crippen molar-refractivity contribution in [2.45, 2.75) is 26.7 Å². The van der Waals surface area contributed by atoms with Crippen LogP contribution in [0.1, 0.15) is 22.3 Å². The largest absolute Gasteiger partial charge is 0.417 e. The van der Waals surface area contributed by atoms with Crippen molar-refractivity contribution < 1.29 is 9.21 Å². The number of rotatable bonds is 2. The summed E-state index contributed by atoms with van der Waals surface area (Å²) in [7, 11) is 0. The molecule has 5 nitrogen and oxygen atoms in total. The molecule has 24 heavy (non-hydrogen) atoms. The van der Waals surface area contributed by atoms with Crippen molar-refractivity contribution in [3.8, 4) is 0 Å². The Morgan fingerprint density at radius 3 is 2.92 bits per heavy atom. The highest BCUT2D eigenvalue weighted by molar-refractivity contribution is 5.97. The molecule has 5 heteroatoms. The zero-order chi connectivity index (χ0) is 16.8. The summed E-state index contributed by atoms with van der Waals surface area (Å²) in [5.74, 6) is -0.406. The number of carbonyl (C=O) groups excluding carboxylic acids is 1. The summed E-state index contributed by atoms with van der Waals surface area (Å²) in [6.07, 6.45) is 1.21. The molecule has 0 radical (unpaired) electrons. The lowest BCUT2D eigenvalue weighted by Gasteiger charge is -2.18. The van der Waals surface area contributed by atoms with E-state index in [-0.39, 0.29) is 5.91 Å². The second-order valence-electron chi connectivity index (χ2n) is 6.40. The molecular formula is C19H18N2O3. The molecule has 1 aliphatic heterocycles. The zero-order valence-electron chi connectivity index (χ0n) is 13.7. The van der Waals surface area contributed by atoms with E-state index < -0.39 is 5.76 Å². The highest BCUT2D eigenvalue weighted by Crippen LogP contribution is 2.32. The number of oxazole rings is 1. The van der Waals surface area contributed by atoms with E-state index in [4.69, 9.17) is 4.42 Å². The van der Waals surface area contributed by atoms with Gasteiger partial charge < -0.3 is 9.32 Å². The lowest BCUT2D eigenvalue weighted by Crippen LogP contribution is -2.30. The van der Waals surface area contributed by atoms with Crippen LogP contribution in [0.3, 0.4) is 0 Å². The Morgan fingerprint density at radius 2 is 2.08 bits per heavy atom. The van der Waals surface area contributed by atoms with Crippen LogP contribution in [0.4, 0.5) is 5.69 Å². The van der Waals surface area contributed by atoms with Crippen LogP contribution in [0.15, 0.2) is 39.5 Å². The van der Waals surface area contributed by atoms with E-state index in [1.165, 1.54) is 16.7 Å². The Morgan fingerprint density at radius 1 is 1.25 bits per heavy atom. The molecule has 1 aliphatic rings. The van der Waals surface area contributed by atoms with Gasteiger partial charge in [0.1, 0.15) is 0 Å². The van der Waals surface area contributed by atoms with Gasteiger partial charge in [0.05, 0.1) is 11.9 Å². The highest BCUT2D eigenvalue weighted by atomic mass is 16.4. The second-order valence-corrected chi connectivity index (χ2v) is 6.40. The third-order valence-corrected chi connectivity index (χ3v) is 4.61. The van der Waals surface area contributed by atoms with Crippen molar-refractivity contribution in [1.82, 2.24) is 4.98 Å². The number of amides is 1. The molecule has 3 aromatic rings. The summed E-state index contributed by atoms with van der Waals surface area (Å²) in [5, 5.41) is 0. The summed E-state index contributed by atoms with van der Waals surface area (Å²) in [6, 6.07) is 9.61. The fourth-order valence-corrected chi connectivity index (χ4v) is 3.52.